The van der Waals surface area contributed by atoms with Crippen LogP contribution in [0.5, 0.6) is 0 Å². The third kappa shape index (κ3) is 4.20. The summed E-state index contributed by atoms with van der Waals surface area (Å²) in [6.45, 7) is 0. The molecule has 0 saturated heterocycles. The van der Waals surface area contributed by atoms with Crippen molar-refractivity contribution in [2.24, 2.45) is 0 Å². The first-order valence-electron chi connectivity index (χ1n) is 17.8. The molecule has 4 nitrogen and oxygen atoms in total. The fraction of sp³-hybridized carbons (Fsp3) is 0.310. The Morgan fingerprint density at radius 3 is 2.00 bits per heavy atom. The van der Waals surface area contributed by atoms with Gasteiger partial charge in [-0.15, -0.1) is 22.7 Å². The molecule has 6 aliphatic carbocycles. The number of allylic oxidation sites excluding steroid dienone is 3. The summed E-state index contributed by atoms with van der Waals surface area (Å²) in [5.41, 5.74) is 3.69. The second kappa shape index (κ2) is 11.1. The van der Waals surface area contributed by atoms with Crippen LogP contribution in [-0.4, -0.2) is 28.6 Å². The lowest BCUT2D eigenvalue weighted by Crippen LogP contribution is -2.35. The number of Topliss-reactive ketones (excluding diaryl/α,β-unsaturated/α-hetero) is 3. The summed E-state index contributed by atoms with van der Waals surface area (Å²) in [5.74, 6) is -6.21. The second-order valence-electron chi connectivity index (χ2n) is 15.0. The molecular weight excluding hydrogens is 709 g/mol. The van der Waals surface area contributed by atoms with Gasteiger partial charge in [0.2, 0.25) is 11.6 Å². The Morgan fingerprint density at radius 2 is 1.31 bits per heavy atom. The maximum absolute atomic E-state index is 14.8. The molecule has 10 heteroatoms. The molecule has 0 radical (unpaired) electrons. The van der Waals surface area contributed by atoms with Gasteiger partial charge in [-0.2, -0.15) is 0 Å². The fourth-order valence-electron chi connectivity index (χ4n) is 10.2. The maximum Gasteiger partial charge on any atom is 0.237 e. The molecule has 2 aromatic carbocycles. The van der Waals surface area contributed by atoms with Gasteiger partial charge in [0.15, 0.2) is 5.78 Å². The van der Waals surface area contributed by atoms with Crippen LogP contribution < -0.4 is 0 Å². The van der Waals surface area contributed by atoms with Crippen molar-refractivity contribution in [2.45, 2.75) is 81.1 Å². The summed E-state index contributed by atoms with van der Waals surface area (Å²) in [5, 5.41) is 10.9. The van der Waals surface area contributed by atoms with Crippen molar-refractivity contribution in [3.8, 4) is 9.75 Å². The van der Waals surface area contributed by atoms with E-state index in [-0.39, 0.29) is 38.8 Å². The van der Waals surface area contributed by atoms with Crippen LogP contribution in [0.15, 0.2) is 42.0 Å². The smallest absolute Gasteiger partial charge is 0.237 e. The van der Waals surface area contributed by atoms with Crippen molar-refractivity contribution in [1.82, 2.24) is 0 Å². The summed E-state index contributed by atoms with van der Waals surface area (Å²) in [6, 6.07) is 5.62. The molecule has 1 N–H and O–H groups in total. The van der Waals surface area contributed by atoms with Crippen LogP contribution in [0.3, 0.4) is 0 Å². The van der Waals surface area contributed by atoms with Gasteiger partial charge in [-0.05, 0) is 95.5 Å². The van der Waals surface area contributed by atoms with Crippen LogP contribution in [0, 0.1) is 23.3 Å². The minimum absolute atomic E-state index is 0.00889. The predicted octanol–water partition coefficient (Wildman–Crippen LogP) is 10.1. The normalized spacial score (nSPS) is 23.5. The van der Waals surface area contributed by atoms with Gasteiger partial charge in [-0.1, -0.05) is 38.5 Å². The number of aliphatic hydroxyl groups is 1. The number of rotatable bonds is 2. The lowest BCUT2D eigenvalue weighted by atomic mass is 9.61. The van der Waals surface area contributed by atoms with Gasteiger partial charge in [-0.3, -0.25) is 14.4 Å². The highest BCUT2D eigenvalue weighted by atomic mass is 32.1. The van der Waals surface area contributed by atoms with E-state index in [0.717, 1.165) is 96.5 Å². The number of carbonyl (C=O) groups is 3. The number of benzene rings is 2. The fourth-order valence-corrected chi connectivity index (χ4v) is 13.0. The highest BCUT2D eigenvalue weighted by molar-refractivity contribution is 7.23. The van der Waals surface area contributed by atoms with Gasteiger partial charge >= 0.3 is 0 Å². The summed E-state index contributed by atoms with van der Waals surface area (Å²) in [4.78, 5) is 43.3. The van der Waals surface area contributed by atoms with Gasteiger partial charge in [0.1, 0.15) is 29.4 Å². The first-order valence-corrected chi connectivity index (χ1v) is 19.4. The summed E-state index contributed by atoms with van der Waals surface area (Å²) in [7, 11) is 0. The molecule has 52 heavy (non-hydrogen) atoms. The Bertz CT molecular complexity index is 2450. The van der Waals surface area contributed by atoms with Gasteiger partial charge in [0.25, 0.3) is 0 Å². The Hall–Kier alpha value is -4.25. The highest BCUT2D eigenvalue weighted by Crippen LogP contribution is 2.67. The monoisotopic (exact) mass is 738 g/mol. The molecule has 2 spiro atoms. The topological polar surface area (TPSA) is 71.4 Å². The molecule has 2 aromatic heterocycles. The average molecular weight is 739 g/mol. The van der Waals surface area contributed by atoms with Crippen LogP contribution in [0.1, 0.15) is 122 Å². The van der Waals surface area contributed by atoms with Crippen LogP contribution in [0.2, 0.25) is 0 Å². The van der Waals surface area contributed by atoms with Crippen LogP contribution in [0.4, 0.5) is 17.6 Å². The maximum atomic E-state index is 14.8. The van der Waals surface area contributed by atoms with Crippen molar-refractivity contribution < 1.29 is 37.1 Å². The third-order valence-electron chi connectivity index (χ3n) is 12.4. The molecule has 2 saturated carbocycles. The zero-order chi connectivity index (χ0) is 35.8. The van der Waals surface area contributed by atoms with Crippen molar-refractivity contribution in [2.75, 3.05) is 0 Å². The molecule has 262 valence electrons. The van der Waals surface area contributed by atoms with Crippen LogP contribution in [-0.2, 0) is 15.6 Å². The number of halogens is 4. The molecule has 6 aliphatic rings. The van der Waals surface area contributed by atoms with Gasteiger partial charge in [0.05, 0.1) is 11.1 Å². The number of hydrogen-bond acceptors (Lipinski definition) is 6. The largest absolute Gasteiger partial charge is 0.380 e. The number of hydrogen-bond donors (Lipinski definition) is 1. The van der Waals surface area contributed by atoms with Crippen molar-refractivity contribution in [3.05, 3.63) is 114 Å². The van der Waals surface area contributed by atoms with E-state index in [2.05, 4.69) is 12.1 Å². The van der Waals surface area contributed by atoms with E-state index in [0.29, 0.717) is 12.1 Å². The summed E-state index contributed by atoms with van der Waals surface area (Å²) < 4.78 is 58.2. The summed E-state index contributed by atoms with van der Waals surface area (Å²) >= 11 is 3.26. The first-order chi connectivity index (χ1) is 25.0. The van der Waals surface area contributed by atoms with E-state index in [9.17, 15) is 37.1 Å². The Labute approximate surface area is 304 Å². The third-order valence-corrected chi connectivity index (χ3v) is 14.8. The number of fused-ring (bicyclic) bond motifs is 10. The zero-order valence-corrected chi connectivity index (χ0v) is 29.4. The number of aliphatic hydroxyl groups excluding tert-OH is 1. The lowest BCUT2D eigenvalue weighted by molar-refractivity contribution is -0.109. The number of ketones is 3. The van der Waals surface area contributed by atoms with E-state index in [1.54, 1.807) is 34.8 Å². The minimum Gasteiger partial charge on any atom is -0.380 e. The van der Waals surface area contributed by atoms with Crippen LogP contribution >= 0.6 is 22.7 Å². The first kappa shape index (κ1) is 32.4. The van der Waals surface area contributed by atoms with Crippen molar-refractivity contribution in [3.63, 3.8) is 0 Å². The Balaban J connectivity index is 1.14. The molecule has 1 atom stereocenters. The van der Waals surface area contributed by atoms with E-state index >= 15 is 0 Å². The zero-order valence-electron chi connectivity index (χ0n) is 27.8. The molecule has 0 aliphatic heterocycles. The molecular formula is C42H30F4O4S2. The minimum atomic E-state index is -1.58. The van der Waals surface area contributed by atoms with E-state index < -0.39 is 52.1 Å². The Kier molecular flexibility index (Phi) is 6.94. The standard InChI is InChI=1S/C42H30F4O4S2/c43-20-13-23-25(35(47)37(49)31(23)28(45)15-20)11-19-12-30-33(41(19)7-3-1-4-8-41)34-40(52-30)39-27(42(34)9-5-2-6-10-42)18-22(51-39)17-26-24-14-21(44)16-29(46)32(24)38(50)36(26)48/h11-18,36,48H,1-10H2/b25-11-,26-17-. The van der Waals surface area contributed by atoms with Crippen LogP contribution in [0.25, 0.3) is 33.1 Å². The van der Waals surface area contributed by atoms with Gasteiger partial charge in [0, 0.05) is 53.6 Å². The molecule has 0 bridgehead atoms. The second-order valence-corrected chi connectivity index (χ2v) is 17.2. The van der Waals surface area contributed by atoms with Gasteiger partial charge in [-0.25, -0.2) is 17.6 Å². The molecule has 4 aromatic rings. The average Bonchev–Trinajstić information content (AvgIpc) is 3.91. The van der Waals surface area contributed by atoms with Crippen molar-refractivity contribution >= 4 is 63.3 Å². The molecule has 0 amide bonds. The highest BCUT2D eigenvalue weighted by Gasteiger charge is 2.55. The van der Waals surface area contributed by atoms with Gasteiger partial charge < -0.3 is 5.11 Å². The van der Waals surface area contributed by atoms with E-state index in [1.165, 1.54) is 21.6 Å². The number of thiophene rings is 2. The molecule has 2 heterocycles. The number of carbonyl (C=O) groups excluding carboxylic acids is 3. The Morgan fingerprint density at radius 1 is 0.673 bits per heavy atom. The quantitative estimate of drug-likeness (QED) is 0.126. The molecule has 1 unspecified atom stereocenters. The van der Waals surface area contributed by atoms with Crippen molar-refractivity contribution in [1.29, 1.82) is 0 Å². The van der Waals surface area contributed by atoms with E-state index in [4.69, 9.17) is 0 Å². The lowest BCUT2D eigenvalue weighted by Gasteiger charge is -2.42. The molecule has 2 fully saturated rings. The summed E-state index contributed by atoms with van der Waals surface area (Å²) in [6.07, 6.45) is 13.8. The molecule has 10 rings (SSSR count). The predicted molar refractivity (Wildman–Crippen MR) is 192 cm³/mol. The van der Waals surface area contributed by atoms with E-state index in [1.807, 2.05) is 0 Å². The SMILES string of the molecule is O=C1C(=O)c2c(F)cc(F)cc2/C1=C/C1=Cc2sc3c(c2C12CCCCC2)C1(CCCCC1)c1cc(/C=C2/c4cc(F)cc(F)c4C(=O)C2O)sc1-3.